The molecule has 0 aliphatic heterocycles. The number of halogens is 3. The Labute approximate surface area is 102 Å². The highest BCUT2D eigenvalue weighted by atomic mass is 35.5. The molecule has 0 aliphatic carbocycles. The molecule has 86 valence electrons. The third-order valence-electron chi connectivity index (χ3n) is 2.35. The first-order chi connectivity index (χ1) is 8.11. The zero-order valence-electron chi connectivity index (χ0n) is 8.58. The SMILES string of the molecule is O=Cc1ccc(Cl)c(-c2ccc(F)cc2F)c1. The van der Waals surface area contributed by atoms with Crippen LogP contribution in [-0.2, 0) is 0 Å². The maximum absolute atomic E-state index is 13.6. The molecular weight excluding hydrogens is 246 g/mol. The van der Waals surface area contributed by atoms with Crippen LogP contribution in [0.2, 0.25) is 5.02 Å². The van der Waals surface area contributed by atoms with E-state index >= 15 is 0 Å². The van der Waals surface area contributed by atoms with Crippen molar-refractivity contribution in [3.8, 4) is 11.1 Å². The molecule has 1 nitrogen and oxygen atoms in total. The molecule has 0 saturated heterocycles. The summed E-state index contributed by atoms with van der Waals surface area (Å²) in [5.74, 6) is -1.37. The molecule has 0 spiro atoms. The van der Waals surface area contributed by atoms with Crippen LogP contribution < -0.4 is 0 Å². The second kappa shape index (κ2) is 4.63. The van der Waals surface area contributed by atoms with Crippen LogP contribution >= 0.6 is 11.6 Å². The van der Waals surface area contributed by atoms with Gasteiger partial charge in [-0.15, -0.1) is 0 Å². The summed E-state index contributed by atoms with van der Waals surface area (Å²) >= 11 is 5.92. The molecule has 0 atom stereocenters. The molecule has 0 amide bonds. The molecule has 4 heteroatoms. The monoisotopic (exact) mass is 252 g/mol. The molecule has 0 unspecified atom stereocenters. The van der Waals surface area contributed by atoms with Gasteiger partial charge in [-0.2, -0.15) is 0 Å². The van der Waals surface area contributed by atoms with Gasteiger partial charge in [0.15, 0.2) is 0 Å². The van der Waals surface area contributed by atoms with E-state index in [-0.39, 0.29) is 5.56 Å². The molecule has 0 fully saturated rings. The summed E-state index contributed by atoms with van der Waals surface area (Å²) in [6.45, 7) is 0. The average Bonchev–Trinajstić information content (AvgIpc) is 2.30. The molecule has 2 aromatic rings. The molecule has 2 aromatic carbocycles. The molecule has 0 N–H and O–H groups in total. The highest BCUT2D eigenvalue weighted by Crippen LogP contribution is 2.30. The van der Waals surface area contributed by atoms with Gasteiger partial charge in [0.25, 0.3) is 0 Å². The topological polar surface area (TPSA) is 17.1 Å². The van der Waals surface area contributed by atoms with Crippen molar-refractivity contribution >= 4 is 17.9 Å². The standard InChI is InChI=1S/C13H7ClF2O/c14-12-4-1-8(7-17)5-11(12)10-3-2-9(15)6-13(10)16/h1-7H. The minimum absolute atomic E-state index is 0.167. The summed E-state index contributed by atoms with van der Waals surface area (Å²) in [6, 6.07) is 7.71. The second-order valence-corrected chi connectivity index (χ2v) is 3.89. The van der Waals surface area contributed by atoms with E-state index in [0.29, 0.717) is 22.4 Å². The smallest absolute Gasteiger partial charge is 0.150 e. The maximum Gasteiger partial charge on any atom is 0.150 e. The number of carbonyl (C=O) groups excluding carboxylic acids is 1. The predicted molar refractivity (Wildman–Crippen MR) is 62.2 cm³/mol. The van der Waals surface area contributed by atoms with E-state index in [1.807, 2.05) is 0 Å². The van der Waals surface area contributed by atoms with Gasteiger partial charge in [-0.3, -0.25) is 4.79 Å². The zero-order chi connectivity index (χ0) is 12.4. The van der Waals surface area contributed by atoms with E-state index in [1.165, 1.54) is 24.3 Å². The Kier molecular flexibility index (Phi) is 3.20. The van der Waals surface area contributed by atoms with E-state index in [9.17, 15) is 13.6 Å². The largest absolute Gasteiger partial charge is 0.298 e. The lowest BCUT2D eigenvalue weighted by Gasteiger charge is -2.06. The molecule has 0 aromatic heterocycles. The summed E-state index contributed by atoms with van der Waals surface area (Å²) in [5.41, 5.74) is 0.919. The lowest BCUT2D eigenvalue weighted by atomic mass is 10.0. The summed E-state index contributed by atoms with van der Waals surface area (Å²) in [7, 11) is 0. The highest BCUT2D eigenvalue weighted by Gasteiger charge is 2.10. The van der Waals surface area contributed by atoms with Gasteiger partial charge in [-0.25, -0.2) is 8.78 Å². The summed E-state index contributed by atoms with van der Waals surface area (Å²) < 4.78 is 26.3. The Bertz CT molecular complexity index is 582. The van der Waals surface area contributed by atoms with Gasteiger partial charge >= 0.3 is 0 Å². The Morgan fingerprint density at radius 2 is 1.76 bits per heavy atom. The predicted octanol–water partition coefficient (Wildman–Crippen LogP) is 4.10. The zero-order valence-corrected chi connectivity index (χ0v) is 9.34. The van der Waals surface area contributed by atoms with Crippen LogP contribution in [0.4, 0.5) is 8.78 Å². The van der Waals surface area contributed by atoms with Gasteiger partial charge in [0, 0.05) is 27.8 Å². The van der Waals surface area contributed by atoms with Crippen molar-refractivity contribution in [1.82, 2.24) is 0 Å². The van der Waals surface area contributed by atoms with Crippen LogP contribution in [0.1, 0.15) is 10.4 Å². The van der Waals surface area contributed by atoms with Crippen LogP contribution in [0.15, 0.2) is 36.4 Å². The lowest BCUT2D eigenvalue weighted by Crippen LogP contribution is -1.89. The fourth-order valence-electron chi connectivity index (χ4n) is 1.53. The lowest BCUT2D eigenvalue weighted by molar-refractivity contribution is 0.112. The van der Waals surface area contributed by atoms with E-state index in [2.05, 4.69) is 0 Å². The molecule has 0 saturated carbocycles. The highest BCUT2D eigenvalue weighted by molar-refractivity contribution is 6.33. The minimum Gasteiger partial charge on any atom is -0.298 e. The number of hydrogen-bond donors (Lipinski definition) is 0. The second-order valence-electron chi connectivity index (χ2n) is 3.48. The van der Waals surface area contributed by atoms with Gasteiger partial charge in [-0.05, 0) is 24.3 Å². The maximum atomic E-state index is 13.6. The average molecular weight is 253 g/mol. The van der Waals surface area contributed by atoms with Crippen molar-refractivity contribution < 1.29 is 13.6 Å². The molecule has 0 radical (unpaired) electrons. The van der Waals surface area contributed by atoms with Crippen LogP contribution in [0.25, 0.3) is 11.1 Å². The number of carbonyl (C=O) groups is 1. The van der Waals surface area contributed by atoms with Crippen LogP contribution in [0.5, 0.6) is 0 Å². The summed E-state index contributed by atoms with van der Waals surface area (Å²) in [4.78, 5) is 10.6. The van der Waals surface area contributed by atoms with Crippen molar-refractivity contribution in [1.29, 1.82) is 0 Å². The number of aldehydes is 1. The third kappa shape index (κ3) is 2.34. The number of rotatable bonds is 2. The van der Waals surface area contributed by atoms with Crippen LogP contribution in [0, 0.1) is 11.6 Å². The van der Waals surface area contributed by atoms with E-state index in [1.54, 1.807) is 0 Å². The normalized spacial score (nSPS) is 10.3. The summed E-state index contributed by atoms with van der Waals surface area (Å²) in [6.07, 6.45) is 0.640. The molecule has 17 heavy (non-hydrogen) atoms. The van der Waals surface area contributed by atoms with Gasteiger partial charge in [0.2, 0.25) is 0 Å². The fourth-order valence-corrected chi connectivity index (χ4v) is 1.75. The summed E-state index contributed by atoms with van der Waals surface area (Å²) in [5, 5.41) is 0.307. The Balaban J connectivity index is 2.63. The van der Waals surface area contributed by atoms with Crippen molar-refractivity contribution in [2.24, 2.45) is 0 Å². The van der Waals surface area contributed by atoms with Gasteiger partial charge in [-0.1, -0.05) is 17.7 Å². The van der Waals surface area contributed by atoms with Crippen molar-refractivity contribution in [3.05, 3.63) is 58.6 Å². The van der Waals surface area contributed by atoms with Gasteiger partial charge in [0.05, 0.1) is 0 Å². The first kappa shape index (κ1) is 11.7. The third-order valence-corrected chi connectivity index (χ3v) is 2.68. The molecule has 0 aliphatic rings. The van der Waals surface area contributed by atoms with Crippen molar-refractivity contribution in [3.63, 3.8) is 0 Å². The Morgan fingerprint density at radius 3 is 2.41 bits per heavy atom. The molecule has 0 bridgehead atoms. The first-order valence-corrected chi connectivity index (χ1v) is 5.20. The molecular formula is C13H7ClF2O. The van der Waals surface area contributed by atoms with Crippen LogP contribution in [-0.4, -0.2) is 6.29 Å². The number of hydrogen-bond acceptors (Lipinski definition) is 1. The van der Waals surface area contributed by atoms with Gasteiger partial charge < -0.3 is 0 Å². The quantitative estimate of drug-likeness (QED) is 0.736. The minimum atomic E-state index is -0.713. The van der Waals surface area contributed by atoms with E-state index < -0.39 is 11.6 Å². The van der Waals surface area contributed by atoms with E-state index in [4.69, 9.17) is 11.6 Å². The fraction of sp³-hybridized carbons (Fsp3) is 0. The van der Waals surface area contributed by atoms with E-state index in [0.717, 1.165) is 12.1 Å². The Morgan fingerprint density at radius 1 is 1.00 bits per heavy atom. The van der Waals surface area contributed by atoms with Gasteiger partial charge in [0.1, 0.15) is 17.9 Å². The number of benzene rings is 2. The molecule has 2 rings (SSSR count). The van der Waals surface area contributed by atoms with Crippen molar-refractivity contribution in [2.75, 3.05) is 0 Å². The van der Waals surface area contributed by atoms with Crippen LogP contribution in [0.3, 0.4) is 0 Å². The first-order valence-electron chi connectivity index (χ1n) is 4.82. The molecule has 0 heterocycles. The Hall–Kier alpha value is -1.74. The van der Waals surface area contributed by atoms with Crippen molar-refractivity contribution in [2.45, 2.75) is 0 Å².